The van der Waals surface area contributed by atoms with Crippen LogP contribution in [0.15, 0.2) is 59.1 Å². The monoisotopic (exact) mass is 352 g/mol. The van der Waals surface area contributed by atoms with Crippen molar-refractivity contribution in [1.29, 1.82) is 0 Å². The predicted octanol–water partition coefficient (Wildman–Crippen LogP) is 3.80. The summed E-state index contributed by atoms with van der Waals surface area (Å²) in [5, 5.41) is 6.82. The highest BCUT2D eigenvalue weighted by molar-refractivity contribution is 5.89. The molecule has 0 spiro atoms. The van der Waals surface area contributed by atoms with Crippen LogP contribution in [0.5, 0.6) is 5.75 Å². The van der Waals surface area contributed by atoms with Gasteiger partial charge < -0.3 is 19.5 Å². The Kier molecular flexibility index (Phi) is 5.48. The Hall–Kier alpha value is -3.35. The number of hydrogen-bond donors (Lipinski definition) is 1. The van der Waals surface area contributed by atoms with Crippen molar-refractivity contribution in [2.75, 3.05) is 19.0 Å². The average Bonchev–Trinajstić information content (AvgIpc) is 3.15. The molecule has 7 nitrogen and oxygen atoms in total. The largest absolute Gasteiger partial charge is 0.497 e. The maximum Gasteiger partial charge on any atom is 0.322 e. The van der Waals surface area contributed by atoms with Crippen LogP contribution in [0.4, 0.5) is 10.5 Å². The molecule has 26 heavy (non-hydrogen) atoms. The third kappa shape index (κ3) is 4.18. The van der Waals surface area contributed by atoms with E-state index in [1.807, 2.05) is 49.4 Å². The van der Waals surface area contributed by atoms with Crippen LogP contribution in [0.2, 0.25) is 0 Å². The fraction of sp³-hybridized carbons (Fsp3) is 0.211. The number of urea groups is 1. The molecule has 1 heterocycles. The molecule has 0 aliphatic rings. The van der Waals surface area contributed by atoms with Gasteiger partial charge in [0.2, 0.25) is 11.7 Å². The minimum absolute atomic E-state index is 0.228. The van der Waals surface area contributed by atoms with Gasteiger partial charge in [0, 0.05) is 23.9 Å². The molecule has 1 N–H and O–H groups in total. The number of anilines is 1. The lowest BCUT2D eigenvalue weighted by Crippen LogP contribution is -2.34. The molecule has 0 saturated heterocycles. The fourth-order valence-corrected chi connectivity index (χ4v) is 2.42. The van der Waals surface area contributed by atoms with Gasteiger partial charge in [-0.3, -0.25) is 0 Å². The van der Waals surface area contributed by atoms with E-state index in [9.17, 15) is 4.79 Å². The first-order valence-electron chi connectivity index (χ1n) is 8.27. The zero-order chi connectivity index (χ0) is 18.4. The molecule has 0 radical (unpaired) electrons. The van der Waals surface area contributed by atoms with Gasteiger partial charge in [0.25, 0.3) is 0 Å². The summed E-state index contributed by atoms with van der Waals surface area (Å²) in [5.74, 6) is 1.56. The van der Waals surface area contributed by atoms with Crippen molar-refractivity contribution in [2.45, 2.75) is 13.5 Å². The molecule has 0 aliphatic heterocycles. The van der Waals surface area contributed by atoms with Crippen molar-refractivity contribution in [3.63, 3.8) is 0 Å². The summed E-state index contributed by atoms with van der Waals surface area (Å²) < 4.78 is 10.5. The molecular formula is C19H20N4O3. The van der Waals surface area contributed by atoms with Crippen molar-refractivity contribution in [1.82, 2.24) is 15.0 Å². The van der Waals surface area contributed by atoms with E-state index in [2.05, 4.69) is 15.5 Å². The summed E-state index contributed by atoms with van der Waals surface area (Å²) >= 11 is 0. The molecule has 2 aromatic carbocycles. The van der Waals surface area contributed by atoms with Crippen molar-refractivity contribution in [3.05, 3.63) is 60.5 Å². The second-order valence-electron chi connectivity index (χ2n) is 5.55. The number of nitrogens with one attached hydrogen (secondary N) is 1. The number of hydrogen-bond acceptors (Lipinski definition) is 5. The van der Waals surface area contributed by atoms with Crippen LogP contribution in [0.1, 0.15) is 12.8 Å². The molecule has 0 saturated carbocycles. The van der Waals surface area contributed by atoms with Gasteiger partial charge in [-0.1, -0.05) is 41.6 Å². The van der Waals surface area contributed by atoms with E-state index in [1.165, 1.54) is 0 Å². The standard InChI is InChI=1S/C19H20N4O3/c1-3-23(19(24)20-15-10-7-11-16(12-15)25-2)13-17-21-18(22-26-17)14-8-5-4-6-9-14/h4-12H,3,13H2,1-2H3,(H,20,24). The van der Waals surface area contributed by atoms with Crippen molar-refractivity contribution >= 4 is 11.7 Å². The Balaban J connectivity index is 1.67. The fourth-order valence-electron chi connectivity index (χ4n) is 2.42. The van der Waals surface area contributed by atoms with E-state index in [-0.39, 0.29) is 12.6 Å². The first-order valence-corrected chi connectivity index (χ1v) is 8.27. The van der Waals surface area contributed by atoms with Gasteiger partial charge in [0.05, 0.1) is 7.11 Å². The average molecular weight is 352 g/mol. The van der Waals surface area contributed by atoms with Crippen LogP contribution >= 0.6 is 0 Å². The van der Waals surface area contributed by atoms with Crippen molar-refractivity contribution in [2.24, 2.45) is 0 Å². The Morgan fingerprint density at radius 2 is 2.00 bits per heavy atom. The van der Waals surface area contributed by atoms with E-state index in [4.69, 9.17) is 9.26 Å². The lowest BCUT2D eigenvalue weighted by atomic mass is 10.2. The number of carbonyl (C=O) groups is 1. The number of methoxy groups -OCH3 is 1. The van der Waals surface area contributed by atoms with Gasteiger partial charge in [0.15, 0.2) is 0 Å². The smallest absolute Gasteiger partial charge is 0.322 e. The van der Waals surface area contributed by atoms with Gasteiger partial charge >= 0.3 is 6.03 Å². The van der Waals surface area contributed by atoms with E-state index in [0.29, 0.717) is 29.7 Å². The second-order valence-corrected chi connectivity index (χ2v) is 5.55. The van der Waals surface area contributed by atoms with Gasteiger partial charge in [0.1, 0.15) is 12.3 Å². The molecule has 3 rings (SSSR count). The summed E-state index contributed by atoms with van der Waals surface area (Å²) in [6, 6.07) is 16.5. The molecule has 0 atom stereocenters. The Labute approximate surface area is 151 Å². The summed E-state index contributed by atoms with van der Waals surface area (Å²) in [5.41, 5.74) is 1.52. The summed E-state index contributed by atoms with van der Waals surface area (Å²) in [7, 11) is 1.58. The highest BCUT2D eigenvalue weighted by Gasteiger charge is 2.17. The molecule has 7 heteroatoms. The summed E-state index contributed by atoms with van der Waals surface area (Å²) in [6.45, 7) is 2.62. The maximum atomic E-state index is 12.5. The molecule has 3 aromatic rings. The zero-order valence-electron chi connectivity index (χ0n) is 14.7. The quantitative estimate of drug-likeness (QED) is 0.730. The predicted molar refractivity (Wildman–Crippen MR) is 97.8 cm³/mol. The van der Waals surface area contributed by atoms with Gasteiger partial charge in [-0.15, -0.1) is 0 Å². The Morgan fingerprint density at radius 3 is 2.73 bits per heavy atom. The number of amides is 2. The van der Waals surface area contributed by atoms with E-state index in [1.54, 1.807) is 24.1 Å². The molecule has 1 aromatic heterocycles. The minimum atomic E-state index is -0.250. The van der Waals surface area contributed by atoms with Gasteiger partial charge in [-0.25, -0.2) is 4.79 Å². The number of carbonyl (C=O) groups excluding carboxylic acids is 1. The minimum Gasteiger partial charge on any atom is -0.497 e. The van der Waals surface area contributed by atoms with E-state index in [0.717, 1.165) is 5.56 Å². The molecule has 0 unspecified atom stereocenters. The molecule has 0 aliphatic carbocycles. The summed E-state index contributed by atoms with van der Waals surface area (Å²) in [4.78, 5) is 18.5. The highest BCUT2D eigenvalue weighted by atomic mass is 16.5. The molecule has 0 bridgehead atoms. The number of nitrogens with zero attached hydrogens (tertiary/aromatic N) is 3. The number of benzene rings is 2. The Morgan fingerprint density at radius 1 is 1.19 bits per heavy atom. The van der Waals surface area contributed by atoms with Crippen LogP contribution < -0.4 is 10.1 Å². The van der Waals surface area contributed by atoms with Crippen LogP contribution in [0, 0.1) is 0 Å². The molecule has 134 valence electrons. The zero-order valence-corrected chi connectivity index (χ0v) is 14.7. The third-order valence-electron chi connectivity index (χ3n) is 3.82. The SMILES string of the molecule is CCN(Cc1nc(-c2ccccc2)no1)C(=O)Nc1cccc(OC)c1. The number of aromatic nitrogens is 2. The molecule has 2 amide bonds. The Bertz CT molecular complexity index is 864. The maximum absolute atomic E-state index is 12.5. The first kappa shape index (κ1) is 17.5. The topological polar surface area (TPSA) is 80.5 Å². The molecular weight excluding hydrogens is 332 g/mol. The van der Waals surface area contributed by atoms with Crippen molar-refractivity contribution < 1.29 is 14.1 Å². The van der Waals surface area contributed by atoms with E-state index < -0.39 is 0 Å². The third-order valence-corrected chi connectivity index (χ3v) is 3.82. The number of ether oxygens (including phenoxy) is 1. The normalized spacial score (nSPS) is 10.4. The van der Waals surface area contributed by atoms with Crippen LogP contribution in [0.25, 0.3) is 11.4 Å². The van der Waals surface area contributed by atoms with Crippen LogP contribution in [0.3, 0.4) is 0 Å². The van der Waals surface area contributed by atoms with Crippen LogP contribution in [-0.2, 0) is 6.54 Å². The summed E-state index contributed by atoms with van der Waals surface area (Å²) in [6.07, 6.45) is 0. The lowest BCUT2D eigenvalue weighted by molar-refractivity contribution is 0.203. The first-order chi connectivity index (χ1) is 12.7. The van der Waals surface area contributed by atoms with Crippen LogP contribution in [-0.4, -0.2) is 34.7 Å². The number of rotatable bonds is 6. The van der Waals surface area contributed by atoms with Gasteiger partial charge in [-0.2, -0.15) is 4.98 Å². The van der Waals surface area contributed by atoms with E-state index >= 15 is 0 Å². The second kappa shape index (κ2) is 8.15. The van der Waals surface area contributed by atoms with Crippen molar-refractivity contribution in [3.8, 4) is 17.1 Å². The van der Waals surface area contributed by atoms with Gasteiger partial charge in [-0.05, 0) is 19.1 Å². The molecule has 0 fully saturated rings. The highest BCUT2D eigenvalue weighted by Crippen LogP contribution is 2.18. The lowest BCUT2D eigenvalue weighted by Gasteiger charge is -2.19.